The fraction of sp³-hybridized carbons (Fsp3) is 0.867. The molecule has 0 heterocycles. The van der Waals surface area contributed by atoms with Gasteiger partial charge in [-0.2, -0.15) is 0 Å². The van der Waals surface area contributed by atoms with Crippen LogP contribution in [0.25, 0.3) is 0 Å². The summed E-state index contributed by atoms with van der Waals surface area (Å²) in [6, 6.07) is 0. The van der Waals surface area contributed by atoms with E-state index in [4.69, 9.17) is 0 Å². The number of rotatable bonds is 1. The summed E-state index contributed by atoms with van der Waals surface area (Å²) in [5.74, 6) is 0.0501. The smallest absolute Gasteiger partial charge is 0.143 e. The standard InChI is InChI=1S/C15H24O3/c1-9(2)10-5-7-14(3)11(16)6-8-15(4,18)13(14)12(10)17/h9-10,13,18H,5-8H2,1-4H3/t10-,13+,14-,15-/m0/s1. The topological polar surface area (TPSA) is 54.4 Å². The van der Waals surface area contributed by atoms with Crippen molar-refractivity contribution in [3.8, 4) is 0 Å². The molecule has 0 saturated heterocycles. The maximum Gasteiger partial charge on any atom is 0.143 e. The van der Waals surface area contributed by atoms with E-state index < -0.39 is 16.9 Å². The van der Waals surface area contributed by atoms with Crippen LogP contribution in [-0.2, 0) is 9.59 Å². The van der Waals surface area contributed by atoms with Crippen LogP contribution in [-0.4, -0.2) is 22.3 Å². The van der Waals surface area contributed by atoms with Crippen molar-refractivity contribution in [3.63, 3.8) is 0 Å². The number of carbonyl (C=O) groups is 2. The molecule has 0 spiro atoms. The molecule has 0 unspecified atom stereocenters. The van der Waals surface area contributed by atoms with E-state index >= 15 is 0 Å². The molecule has 2 rings (SSSR count). The maximum absolute atomic E-state index is 12.7. The highest BCUT2D eigenvalue weighted by Gasteiger charge is 2.59. The van der Waals surface area contributed by atoms with Crippen LogP contribution in [0, 0.1) is 23.2 Å². The fourth-order valence-electron chi connectivity index (χ4n) is 4.02. The third-order valence-electron chi connectivity index (χ3n) is 5.18. The van der Waals surface area contributed by atoms with Gasteiger partial charge in [-0.05, 0) is 32.1 Å². The van der Waals surface area contributed by atoms with Crippen molar-refractivity contribution in [2.45, 2.75) is 59.0 Å². The summed E-state index contributed by atoms with van der Waals surface area (Å²) in [6.45, 7) is 7.69. The van der Waals surface area contributed by atoms with Crippen molar-refractivity contribution >= 4 is 11.6 Å². The maximum atomic E-state index is 12.7. The van der Waals surface area contributed by atoms with Gasteiger partial charge in [-0.25, -0.2) is 0 Å². The third kappa shape index (κ3) is 1.83. The van der Waals surface area contributed by atoms with Crippen LogP contribution in [0.5, 0.6) is 0 Å². The van der Waals surface area contributed by atoms with E-state index in [1.807, 2.05) is 20.8 Å². The molecule has 18 heavy (non-hydrogen) atoms. The second-order valence-corrected chi connectivity index (χ2v) is 6.92. The van der Waals surface area contributed by atoms with Crippen molar-refractivity contribution in [2.24, 2.45) is 23.2 Å². The molecule has 1 N–H and O–H groups in total. The molecule has 0 aromatic carbocycles. The first-order valence-corrected chi connectivity index (χ1v) is 6.99. The number of Topliss-reactive ketones (excluding diaryl/α,β-unsaturated/α-hetero) is 2. The van der Waals surface area contributed by atoms with Gasteiger partial charge in [0, 0.05) is 17.8 Å². The zero-order valence-corrected chi connectivity index (χ0v) is 11.8. The fourth-order valence-corrected chi connectivity index (χ4v) is 4.02. The molecule has 2 saturated carbocycles. The second-order valence-electron chi connectivity index (χ2n) is 6.92. The monoisotopic (exact) mass is 252 g/mol. The van der Waals surface area contributed by atoms with Crippen molar-refractivity contribution in [2.75, 3.05) is 0 Å². The van der Waals surface area contributed by atoms with Crippen molar-refractivity contribution < 1.29 is 14.7 Å². The van der Waals surface area contributed by atoms with Gasteiger partial charge >= 0.3 is 0 Å². The van der Waals surface area contributed by atoms with Crippen molar-refractivity contribution in [1.29, 1.82) is 0 Å². The number of aliphatic hydroxyl groups is 1. The molecule has 0 aromatic rings. The van der Waals surface area contributed by atoms with Gasteiger partial charge < -0.3 is 5.11 Å². The van der Waals surface area contributed by atoms with Gasteiger partial charge in [0.1, 0.15) is 11.6 Å². The first-order valence-electron chi connectivity index (χ1n) is 6.99. The SMILES string of the molecule is CC(C)[C@@H]1CC[C@@]2(C)C(=O)CC[C@](C)(O)[C@@H]2C1=O. The van der Waals surface area contributed by atoms with E-state index in [0.29, 0.717) is 12.8 Å². The first-order chi connectivity index (χ1) is 8.20. The predicted octanol–water partition coefficient (Wildman–Crippen LogP) is 2.36. The Balaban J connectivity index is 2.41. The predicted molar refractivity (Wildman–Crippen MR) is 69.0 cm³/mol. The number of carbonyl (C=O) groups excluding carboxylic acids is 2. The van der Waals surface area contributed by atoms with E-state index in [-0.39, 0.29) is 23.4 Å². The van der Waals surface area contributed by atoms with Crippen LogP contribution in [0.4, 0.5) is 0 Å². The Bertz CT molecular complexity index is 383. The van der Waals surface area contributed by atoms with Gasteiger partial charge in [-0.1, -0.05) is 20.8 Å². The van der Waals surface area contributed by atoms with E-state index in [0.717, 1.165) is 12.8 Å². The normalized spacial score (nSPS) is 45.2. The molecule has 0 aliphatic heterocycles. The Morgan fingerprint density at radius 1 is 1.22 bits per heavy atom. The highest BCUT2D eigenvalue weighted by molar-refractivity contribution is 5.96. The molecule has 4 atom stereocenters. The minimum atomic E-state index is -1.02. The highest BCUT2D eigenvalue weighted by atomic mass is 16.3. The second kappa shape index (κ2) is 4.16. The number of ketones is 2. The number of hydrogen-bond acceptors (Lipinski definition) is 3. The van der Waals surface area contributed by atoms with E-state index in [9.17, 15) is 14.7 Å². The summed E-state index contributed by atoms with van der Waals surface area (Å²) < 4.78 is 0. The average molecular weight is 252 g/mol. The Labute approximate surface area is 109 Å². The summed E-state index contributed by atoms with van der Waals surface area (Å²) in [5.41, 5.74) is -1.66. The molecule has 0 amide bonds. The molecule has 3 heteroatoms. The molecule has 0 bridgehead atoms. The molecule has 102 valence electrons. The number of fused-ring (bicyclic) bond motifs is 1. The van der Waals surface area contributed by atoms with Gasteiger partial charge in [0.15, 0.2) is 0 Å². The minimum Gasteiger partial charge on any atom is -0.389 e. The molecule has 2 aliphatic rings. The molecular weight excluding hydrogens is 228 g/mol. The van der Waals surface area contributed by atoms with Crippen molar-refractivity contribution in [3.05, 3.63) is 0 Å². The lowest BCUT2D eigenvalue weighted by Crippen LogP contribution is -2.60. The Kier molecular flexibility index (Phi) is 3.17. The molecule has 2 aliphatic carbocycles. The molecule has 0 aromatic heterocycles. The molecule has 2 fully saturated rings. The van der Waals surface area contributed by atoms with Gasteiger partial charge in [0.2, 0.25) is 0 Å². The quantitative estimate of drug-likeness (QED) is 0.779. The molecule has 0 radical (unpaired) electrons. The van der Waals surface area contributed by atoms with Crippen LogP contribution in [0.2, 0.25) is 0 Å². The zero-order valence-electron chi connectivity index (χ0n) is 11.8. The lowest BCUT2D eigenvalue weighted by molar-refractivity contribution is -0.171. The van der Waals surface area contributed by atoms with Crippen LogP contribution in [0.3, 0.4) is 0 Å². The summed E-state index contributed by atoms with van der Waals surface area (Å²) in [4.78, 5) is 24.9. The summed E-state index contributed by atoms with van der Waals surface area (Å²) in [6.07, 6.45) is 2.34. The van der Waals surface area contributed by atoms with Gasteiger partial charge in [-0.15, -0.1) is 0 Å². The van der Waals surface area contributed by atoms with Gasteiger partial charge in [0.05, 0.1) is 11.5 Å². The van der Waals surface area contributed by atoms with Gasteiger partial charge in [-0.3, -0.25) is 9.59 Å². The number of hydrogen-bond donors (Lipinski definition) is 1. The van der Waals surface area contributed by atoms with Crippen LogP contribution >= 0.6 is 0 Å². The minimum absolute atomic E-state index is 0.000417. The summed E-state index contributed by atoms with van der Waals surface area (Å²) in [5, 5.41) is 10.5. The van der Waals surface area contributed by atoms with Crippen LogP contribution < -0.4 is 0 Å². The lowest BCUT2D eigenvalue weighted by atomic mass is 9.51. The first kappa shape index (κ1) is 13.7. The van der Waals surface area contributed by atoms with Crippen LogP contribution in [0.1, 0.15) is 53.4 Å². The third-order valence-corrected chi connectivity index (χ3v) is 5.18. The Hall–Kier alpha value is -0.700. The summed E-state index contributed by atoms with van der Waals surface area (Å²) >= 11 is 0. The highest BCUT2D eigenvalue weighted by Crippen LogP contribution is 2.52. The Morgan fingerprint density at radius 3 is 2.39 bits per heavy atom. The zero-order chi connectivity index (χ0) is 13.7. The lowest BCUT2D eigenvalue weighted by Gasteiger charge is -2.52. The van der Waals surface area contributed by atoms with E-state index in [1.54, 1.807) is 6.92 Å². The largest absolute Gasteiger partial charge is 0.389 e. The van der Waals surface area contributed by atoms with Crippen LogP contribution in [0.15, 0.2) is 0 Å². The molecular formula is C15H24O3. The average Bonchev–Trinajstić information content (AvgIpc) is 2.23. The van der Waals surface area contributed by atoms with E-state index in [1.165, 1.54) is 0 Å². The Morgan fingerprint density at radius 2 is 1.83 bits per heavy atom. The van der Waals surface area contributed by atoms with Crippen molar-refractivity contribution in [1.82, 2.24) is 0 Å². The van der Waals surface area contributed by atoms with E-state index in [2.05, 4.69) is 0 Å². The summed E-state index contributed by atoms with van der Waals surface area (Å²) in [7, 11) is 0. The van der Waals surface area contributed by atoms with Gasteiger partial charge in [0.25, 0.3) is 0 Å². The molecule has 3 nitrogen and oxygen atoms in total.